The van der Waals surface area contributed by atoms with Gasteiger partial charge in [-0.1, -0.05) is 6.07 Å². The number of hydrogen-bond acceptors (Lipinski definition) is 7. The van der Waals surface area contributed by atoms with Crippen molar-refractivity contribution in [2.24, 2.45) is 0 Å². The molecule has 0 saturated carbocycles. The van der Waals surface area contributed by atoms with Crippen molar-refractivity contribution in [2.75, 3.05) is 64.5 Å². The SMILES string of the molecule is COc1cc(CN2CCSCC2)ccc1OCC(O)CN1CCNC(=O)CC1. The standard InChI is InChI=1S/C20H31N3O4S/c1-26-19-12-16(13-23-8-10-28-11-9-23)2-3-18(19)27-15-17(24)14-22-6-4-20(25)21-5-7-22/h2-3,12,17,24H,4-11,13-15H2,1H3,(H,21,25). The third-order valence-electron chi connectivity index (χ3n) is 5.04. The summed E-state index contributed by atoms with van der Waals surface area (Å²) >= 11 is 2.01. The van der Waals surface area contributed by atoms with E-state index in [1.807, 2.05) is 23.9 Å². The number of hydrogen-bond donors (Lipinski definition) is 2. The molecule has 0 radical (unpaired) electrons. The molecule has 2 aliphatic heterocycles. The van der Waals surface area contributed by atoms with E-state index in [2.05, 4.69) is 21.2 Å². The lowest BCUT2D eigenvalue weighted by atomic mass is 10.2. The smallest absolute Gasteiger partial charge is 0.221 e. The highest BCUT2D eigenvalue weighted by atomic mass is 32.2. The molecular formula is C20H31N3O4S. The van der Waals surface area contributed by atoms with Crippen LogP contribution in [0, 0.1) is 0 Å². The van der Waals surface area contributed by atoms with Crippen LogP contribution in [-0.2, 0) is 11.3 Å². The molecular weight excluding hydrogens is 378 g/mol. The zero-order valence-corrected chi connectivity index (χ0v) is 17.4. The maximum atomic E-state index is 11.4. The Bertz CT molecular complexity index is 640. The first-order chi connectivity index (χ1) is 13.6. The van der Waals surface area contributed by atoms with Gasteiger partial charge in [0.15, 0.2) is 11.5 Å². The van der Waals surface area contributed by atoms with Gasteiger partial charge in [0.25, 0.3) is 0 Å². The molecule has 1 atom stereocenters. The van der Waals surface area contributed by atoms with E-state index in [1.165, 1.54) is 17.1 Å². The zero-order chi connectivity index (χ0) is 19.8. The molecule has 0 bridgehead atoms. The molecule has 28 heavy (non-hydrogen) atoms. The Morgan fingerprint density at radius 2 is 2.00 bits per heavy atom. The van der Waals surface area contributed by atoms with Gasteiger partial charge in [-0.15, -0.1) is 0 Å². The summed E-state index contributed by atoms with van der Waals surface area (Å²) in [6.07, 6.45) is -0.151. The van der Waals surface area contributed by atoms with Crippen LogP contribution in [0.25, 0.3) is 0 Å². The number of carbonyl (C=O) groups is 1. The Hall–Kier alpha value is -1.48. The first-order valence-corrected chi connectivity index (χ1v) is 11.1. The maximum Gasteiger partial charge on any atom is 0.221 e. The highest BCUT2D eigenvalue weighted by molar-refractivity contribution is 7.99. The highest BCUT2D eigenvalue weighted by Gasteiger charge is 2.18. The number of ether oxygens (including phenoxy) is 2. The minimum atomic E-state index is -0.622. The van der Waals surface area contributed by atoms with E-state index in [1.54, 1.807) is 7.11 Å². The van der Waals surface area contributed by atoms with Crippen LogP contribution < -0.4 is 14.8 Å². The van der Waals surface area contributed by atoms with Gasteiger partial charge in [-0.05, 0) is 17.7 Å². The molecule has 0 aromatic heterocycles. The fourth-order valence-corrected chi connectivity index (χ4v) is 4.46. The monoisotopic (exact) mass is 409 g/mol. The van der Waals surface area contributed by atoms with Crippen molar-refractivity contribution in [2.45, 2.75) is 19.1 Å². The van der Waals surface area contributed by atoms with Gasteiger partial charge in [0, 0.05) is 63.7 Å². The Kier molecular flexibility index (Phi) is 8.27. The lowest BCUT2D eigenvalue weighted by Crippen LogP contribution is -2.37. The topological polar surface area (TPSA) is 74.3 Å². The normalized spacial score (nSPS) is 20.3. The second kappa shape index (κ2) is 10.9. The first kappa shape index (κ1) is 21.2. The minimum absolute atomic E-state index is 0.0707. The van der Waals surface area contributed by atoms with Gasteiger partial charge in [-0.3, -0.25) is 14.6 Å². The summed E-state index contributed by atoms with van der Waals surface area (Å²) in [5, 5.41) is 13.2. The molecule has 156 valence electrons. The van der Waals surface area contributed by atoms with Crippen molar-refractivity contribution in [3.63, 3.8) is 0 Å². The van der Waals surface area contributed by atoms with E-state index in [0.717, 1.165) is 26.2 Å². The van der Waals surface area contributed by atoms with Crippen molar-refractivity contribution in [1.29, 1.82) is 0 Å². The summed E-state index contributed by atoms with van der Waals surface area (Å²) in [7, 11) is 1.64. The number of amides is 1. The molecule has 3 rings (SSSR count). The fourth-order valence-electron chi connectivity index (χ4n) is 3.48. The van der Waals surface area contributed by atoms with Crippen molar-refractivity contribution >= 4 is 17.7 Å². The third-order valence-corrected chi connectivity index (χ3v) is 5.99. The van der Waals surface area contributed by atoms with Crippen molar-refractivity contribution in [1.82, 2.24) is 15.1 Å². The largest absolute Gasteiger partial charge is 0.493 e. The molecule has 8 heteroatoms. The van der Waals surface area contributed by atoms with Crippen molar-refractivity contribution < 1.29 is 19.4 Å². The molecule has 2 fully saturated rings. The average molecular weight is 410 g/mol. The van der Waals surface area contributed by atoms with Crippen LogP contribution in [0.1, 0.15) is 12.0 Å². The Labute approximate surface area is 171 Å². The average Bonchev–Trinajstić information content (AvgIpc) is 2.91. The number of methoxy groups -OCH3 is 1. The number of aliphatic hydroxyl groups is 1. The maximum absolute atomic E-state index is 11.4. The summed E-state index contributed by atoms with van der Waals surface area (Å²) in [4.78, 5) is 15.9. The molecule has 1 amide bonds. The zero-order valence-electron chi connectivity index (χ0n) is 16.6. The molecule has 2 aliphatic rings. The number of thioether (sulfide) groups is 1. The van der Waals surface area contributed by atoms with Crippen molar-refractivity contribution in [3.05, 3.63) is 23.8 Å². The van der Waals surface area contributed by atoms with Crippen LogP contribution >= 0.6 is 11.8 Å². The lowest BCUT2D eigenvalue weighted by molar-refractivity contribution is -0.120. The second-order valence-corrected chi connectivity index (χ2v) is 8.46. The van der Waals surface area contributed by atoms with E-state index < -0.39 is 6.10 Å². The van der Waals surface area contributed by atoms with Crippen LogP contribution in [-0.4, -0.2) is 91.4 Å². The Morgan fingerprint density at radius 3 is 2.79 bits per heavy atom. The quantitative estimate of drug-likeness (QED) is 0.658. The molecule has 0 aliphatic carbocycles. The van der Waals surface area contributed by atoms with E-state index in [9.17, 15) is 9.90 Å². The van der Waals surface area contributed by atoms with Gasteiger partial charge >= 0.3 is 0 Å². The van der Waals surface area contributed by atoms with E-state index in [4.69, 9.17) is 9.47 Å². The van der Waals surface area contributed by atoms with Crippen molar-refractivity contribution in [3.8, 4) is 11.5 Å². The van der Waals surface area contributed by atoms with Gasteiger partial charge in [0.1, 0.15) is 12.7 Å². The van der Waals surface area contributed by atoms with Crippen LogP contribution in [0.15, 0.2) is 18.2 Å². The van der Waals surface area contributed by atoms with E-state index in [-0.39, 0.29) is 12.5 Å². The number of benzene rings is 1. The fraction of sp³-hybridized carbons (Fsp3) is 0.650. The number of aliphatic hydroxyl groups excluding tert-OH is 1. The molecule has 1 aromatic rings. The molecule has 2 N–H and O–H groups in total. The van der Waals surface area contributed by atoms with Gasteiger partial charge in [0.05, 0.1) is 7.11 Å². The predicted octanol–water partition coefficient (Wildman–Crippen LogP) is 0.806. The third kappa shape index (κ3) is 6.55. The van der Waals surface area contributed by atoms with E-state index in [0.29, 0.717) is 37.6 Å². The summed E-state index contributed by atoms with van der Waals surface area (Å²) in [5.74, 6) is 3.80. The van der Waals surface area contributed by atoms with Crippen LogP contribution in [0.4, 0.5) is 0 Å². The molecule has 1 aromatic carbocycles. The summed E-state index contributed by atoms with van der Waals surface area (Å²) in [6, 6.07) is 6.02. The van der Waals surface area contributed by atoms with Crippen LogP contribution in [0.5, 0.6) is 11.5 Å². The molecule has 1 unspecified atom stereocenters. The van der Waals surface area contributed by atoms with E-state index >= 15 is 0 Å². The Morgan fingerprint density at radius 1 is 1.18 bits per heavy atom. The molecule has 7 nitrogen and oxygen atoms in total. The number of rotatable bonds is 8. The van der Waals surface area contributed by atoms with Gasteiger partial charge in [-0.2, -0.15) is 11.8 Å². The number of nitrogens with one attached hydrogen (secondary N) is 1. The predicted molar refractivity (Wildman–Crippen MR) is 111 cm³/mol. The number of carbonyl (C=O) groups excluding carboxylic acids is 1. The van der Waals surface area contributed by atoms with Gasteiger partial charge < -0.3 is 19.9 Å². The van der Waals surface area contributed by atoms with Gasteiger partial charge in [0.2, 0.25) is 5.91 Å². The highest BCUT2D eigenvalue weighted by Crippen LogP contribution is 2.29. The number of nitrogens with zero attached hydrogens (tertiary/aromatic N) is 2. The second-order valence-electron chi connectivity index (χ2n) is 7.24. The first-order valence-electron chi connectivity index (χ1n) is 9.91. The molecule has 0 spiro atoms. The lowest BCUT2D eigenvalue weighted by Gasteiger charge is -2.26. The molecule has 2 heterocycles. The number of β-amino-alcohol motifs (C(OH)–C–C–N with tert-alkyl or cyclic N) is 1. The minimum Gasteiger partial charge on any atom is -0.493 e. The summed E-state index contributed by atoms with van der Waals surface area (Å²) in [6.45, 7) is 5.87. The summed E-state index contributed by atoms with van der Waals surface area (Å²) in [5.41, 5.74) is 1.21. The summed E-state index contributed by atoms with van der Waals surface area (Å²) < 4.78 is 11.3. The molecule has 2 saturated heterocycles. The van der Waals surface area contributed by atoms with Crippen LogP contribution in [0.2, 0.25) is 0 Å². The Balaban J connectivity index is 1.49. The van der Waals surface area contributed by atoms with Crippen LogP contribution in [0.3, 0.4) is 0 Å². The van der Waals surface area contributed by atoms with Gasteiger partial charge in [-0.25, -0.2) is 0 Å².